The van der Waals surface area contributed by atoms with Crippen LogP contribution in [0.1, 0.15) is 39.5 Å². The normalized spacial score (nSPS) is 22.0. The Balaban J connectivity index is 2.05. The zero-order valence-corrected chi connectivity index (χ0v) is 16.0. The van der Waals surface area contributed by atoms with E-state index in [2.05, 4.69) is 9.97 Å². The standard InChI is InChI=1S/C18H26ClF2N3O2/c1-3-26-15(25)7-6-12(2)14-5-4-8-24(10-13(14)9-20)18-16(21)17(19)22-11-23-18/h11-14H,3-10H2,1-2H3. The second kappa shape index (κ2) is 10.00. The first-order chi connectivity index (χ1) is 12.5. The topological polar surface area (TPSA) is 55.3 Å². The van der Waals surface area contributed by atoms with Gasteiger partial charge in [0.05, 0.1) is 13.3 Å². The third kappa shape index (κ3) is 5.25. The Labute approximate surface area is 158 Å². The smallest absolute Gasteiger partial charge is 0.305 e. The molecule has 0 N–H and O–H groups in total. The van der Waals surface area contributed by atoms with Crippen LogP contribution in [-0.4, -0.2) is 42.3 Å². The van der Waals surface area contributed by atoms with Crippen LogP contribution in [0.15, 0.2) is 6.33 Å². The number of alkyl halides is 1. The van der Waals surface area contributed by atoms with E-state index in [-0.39, 0.29) is 34.7 Å². The molecule has 0 bridgehead atoms. The number of hydrogen-bond donors (Lipinski definition) is 0. The summed E-state index contributed by atoms with van der Waals surface area (Å²) < 4.78 is 33.0. The number of esters is 1. The monoisotopic (exact) mass is 389 g/mol. The molecule has 2 heterocycles. The van der Waals surface area contributed by atoms with Gasteiger partial charge in [-0.3, -0.25) is 9.18 Å². The summed E-state index contributed by atoms with van der Waals surface area (Å²) in [5, 5.41) is -0.226. The van der Waals surface area contributed by atoms with Gasteiger partial charge in [-0.15, -0.1) is 0 Å². The fourth-order valence-electron chi connectivity index (χ4n) is 3.72. The third-order valence-corrected chi connectivity index (χ3v) is 5.36. The minimum absolute atomic E-state index is 0.125. The van der Waals surface area contributed by atoms with Gasteiger partial charge in [0.1, 0.15) is 6.33 Å². The number of ether oxygens (including phenoxy) is 1. The van der Waals surface area contributed by atoms with E-state index < -0.39 is 12.5 Å². The first-order valence-corrected chi connectivity index (χ1v) is 9.48. The molecule has 1 aromatic rings. The van der Waals surface area contributed by atoms with Crippen LogP contribution in [-0.2, 0) is 9.53 Å². The summed E-state index contributed by atoms with van der Waals surface area (Å²) in [4.78, 5) is 21.0. The Morgan fingerprint density at radius 3 is 2.96 bits per heavy atom. The lowest BCUT2D eigenvalue weighted by molar-refractivity contribution is -0.143. The molecule has 0 radical (unpaired) electrons. The average Bonchev–Trinajstić information content (AvgIpc) is 2.84. The van der Waals surface area contributed by atoms with Crippen molar-refractivity contribution in [3.63, 3.8) is 0 Å². The minimum Gasteiger partial charge on any atom is -0.466 e. The first-order valence-electron chi connectivity index (χ1n) is 9.10. The number of nitrogens with zero attached hydrogens (tertiary/aromatic N) is 3. The van der Waals surface area contributed by atoms with E-state index in [1.54, 1.807) is 11.8 Å². The van der Waals surface area contributed by atoms with Gasteiger partial charge in [-0.2, -0.15) is 4.39 Å². The molecule has 3 atom stereocenters. The van der Waals surface area contributed by atoms with Crippen LogP contribution < -0.4 is 4.90 Å². The largest absolute Gasteiger partial charge is 0.466 e. The van der Waals surface area contributed by atoms with Crippen LogP contribution in [0.4, 0.5) is 14.6 Å². The predicted octanol–water partition coefficient (Wildman–Crippen LogP) is 4.05. The average molecular weight is 390 g/mol. The van der Waals surface area contributed by atoms with Crippen molar-refractivity contribution in [1.29, 1.82) is 0 Å². The van der Waals surface area contributed by atoms with Gasteiger partial charge in [-0.05, 0) is 38.0 Å². The fraction of sp³-hybridized carbons (Fsp3) is 0.722. The van der Waals surface area contributed by atoms with Gasteiger partial charge >= 0.3 is 5.97 Å². The number of rotatable bonds is 7. The zero-order chi connectivity index (χ0) is 19.1. The summed E-state index contributed by atoms with van der Waals surface area (Å²) in [6.45, 7) is 4.65. The Kier molecular flexibility index (Phi) is 8.00. The van der Waals surface area contributed by atoms with E-state index in [0.717, 1.165) is 12.8 Å². The molecule has 0 amide bonds. The van der Waals surface area contributed by atoms with Crippen LogP contribution in [0.3, 0.4) is 0 Å². The molecule has 146 valence electrons. The maximum Gasteiger partial charge on any atom is 0.305 e. The SMILES string of the molecule is CCOC(=O)CCC(C)C1CCCN(c2ncnc(Cl)c2F)CC1CF. The Hall–Kier alpha value is -1.50. The Morgan fingerprint density at radius 1 is 1.50 bits per heavy atom. The quantitative estimate of drug-likeness (QED) is 0.520. The van der Waals surface area contributed by atoms with Crippen LogP contribution in [0, 0.1) is 23.6 Å². The number of aromatic nitrogens is 2. The van der Waals surface area contributed by atoms with E-state index in [0.29, 0.717) is 32.5 Å². The summed E-state index contributed by atoms with van der Waals surface area (Å²) in [5.41, 5.74) is 0. The lowest BCUT2D eigenvalue weighted by Crippen LogP contribution is -2.34. The molecule has 1 aliphatic heterocycles. The first kappa shape index (κ1) is 20.8. The highest BCUT2D eigenvalue weighted by molar-refractivity contribution is 6.29. The van der Waals surface area contributed by atoms with Crippen molar-refractivity contribution in [2.24, 2.45) is 17.8 Å². The summed E-state index contributed by atoms with van der Waals surface area (Å²) in [5.74, 6) is -0.700. The third-order valence-electron chi connectivity index (χ3n) is 5.09. The fourth-order valence-corrected chi connectivity index (χ4v) is 3.85. The van der Waals surface area contributed by atoms with Crippen LogP contribution >= 0.6 is 11.6 Å². The highest BCUT2D eigenvalue weighted by Crippen LogP contribution is 2.35. The van der Waals surface area contributed by atoms with Crippen molar-refractivity contribution in [3.05, 3.63) is 17.3 Å². The molecule has 0 aliphatic carbocycles. The Morgan fingerprint density at radius 2 is 2.27 bits per heavy atom. The molecular weight excluding hydrogens is 364 g/mol. The second-order valence-corrected chi connectivity index (χ2v) is 7.15. The highest BCUT2D eigenvalue weighted by atomic mass is 35.5. The van der Waals surface area contributed by atoms with Crippen molar-refractivity contribution in [1.82, 2.24) is 9.97 Å². The van der Waals surface area contributed by atoms with Crippen molar-refractivity contribution in [3.8, 4) is 0 Å². The molecule has 0 spiro atoms. The van der Waals surface area contributed by atoms with E-state index in [4.69, 9.17) is 16.3 Å². The van der Waals surface area contributed by atoms with Gasteiger partial charge in [0.2, 0.25) is 5.82 Å². The maximum absolute atomic E-state index is 14.2. The molecule has 1 fully saturated rings. The molecule has 0 saturated carbocycles. The van der Waals surface area contributed by atoms with Gasteiger partial charge in [-0.1, -0.05) is 18.5 Å². The molecule has 1 aliphatic rings. The van der Waals surface area contributed by atoms with Crippen LogP contribution in [0.25, 0.3) is 0 Å². The zero-order valence-electron chi connectivity index (χ0n) is 15.3. The highest BCUT2D eigenvalue weighted by Gasteiger charge is 2.32. The van der Waals surface area contributed by atoms with Gasteiger partial charge in [0.25, 0.3) is 0 Å². The van der Waals surface area contributed by atoms with Gasteiger partial charge in [0.15, 0.2) is 11.0 Å². The van der Waals surface area contributed by atoms with Crippen molar-refractivity contribution < 1.29 is 18.3 Å². The summed E-state index contributed by atoms with van der Waals surface area (Å²) in [7, 11) is 0. The minimum atomic E-state index is -0.666. The van der Waals surface area contributed by atoms with Crippen molar-refractivity contribution >= 4 is 23.4 Å². The number of hydrogen-bond acceptors (Lipinski definition) is 5. The number of halogens is 3. The van der Waals surface area contributed by atoms with E-state index in [1.807, 2.05) is 6.92 Å². The molecule has 1 aromatic heterocycles. The summed E-state index contributed by atoms with van der Waals surface area (Å²) >= 11 is 5.75. The molecule has 0 aromatic carbocycles. The van der Waals surface area contributed by atoms with E-state index in [9.17, 15) is 13.6 Å². The second-order valence-electron chi connectivity index (χ2n) is 6.79. The molecule has 26 heavy (non-hydrogen) atoms. The molecule has 8 heteroatoms. The number of carbonyl (C=O) groups is 1. The molecular formula is C18H26ClF2N3O2. The maximum atomic E-state index is 14.2. The predicted molar refractivity (Wildman–Crippen MR) is 96.4 cm³/mol. The molecule has 1 saturated heterocycles. The van der Waals surface area contributed by atoms with Crippen molar-refractivity contribution in [2.75, 3.05) is 31.3 Å². The van der Waals surface area contributed by atoms with Crippen LogP contribution in [0.5, 0.6) is 0 Å². The van der Waals surface area contributed by atoms with Crippen molar-refractivity contribution in [2.45, 2.75) is 39.5 Å². The van der Waals surface area contributed by atoms with E-state index >= 15 is 0 Å². The lowest BCUT2D eigenvalue weighted by atomic mass is 9.78. The molecule has 2 rings (SSSR count). The number of anilines is 1. The lowest BCUT2D eigenvalue weighted by Gasteiger charge is -2.30. The molecule has 3 unspecified atom stereocenters. The summed E-state index contributed by atoms with van der Waals surface area (Å²) in [6, 6.07) is 0. The van der Waals surface area contributed by atoms with Gasteiger partial charge in [0, 0.05) is 25.4 Å². The number of carbonyl (C=O) groups excluding carboxylic acids is 1. The van der Waals surface area contributed by atoms with Gasteiger partial charge < -0.3 is 9.64 Å². The van der Waals surface area contributed by atoms with E-state index in [1.165, 1.54) is 6.33 Å². The Bertz CT molecular complexity index is 606. The summed E-state index contributed by atoms with van der Waals surface area (Å²) in [6.07, 6.45) is 3.84. The molecule has 5 nitrogen and oxygen atoms in total. The van der Waals surface area contributed by atoms with Gasteiger partial charge in [-0.25, -0.2) is 9.97 Å². The van der Waals surface area contributed by atoms with Crippen LogP contribution in [0.2, 0.25) is 5.15 Å².